The maximum atomic E-state index is 12.0. The third kappa shape index (κ3) is 2.92. The zero-order chi connectivity index (χ0) is 16.4. The van der Waals surface area contributed by atoms with Gasteiger partial charge in [-0.15, -0.1) is 0 Å². The second-order valence-corrected chi connectivity index (χ2v) is 5.98. The van der Waals surface area contributed by atoms with Crippen LogP contribution in [-0.4, -0.2) is 17.2 Å². The summed E-state index contributed by atoms with van der Waals surface area (Å²) in [4.78, 5) is 12.0. The van der Waals surface area contributed by atoms with Gasteiger partial charge in [-0.1, -0.05) is 74.2 Å². The van der Waals surface area contributed by atoms with E-state index >= 15 is 0 Å². The van der Waals surface area contributed by atoms with E-state index in [1.807, 2.05) is 67.6 Å². The Hall–Kier alpha value is -2.39. The van der Waals surface area contributed by atoms with Crippen molar-refractivity contribution in [3.05, 3.63) is 83.9 Å². The molecule has 23 heavy (non-hydrogen) atoms. The van der Waals surface area contributed by atoms with Gasteiger partial charge in [0.15, 0.2) is 0 Å². The largest absolute Gasteiger partial charge is 0.458 e. The van der Waals surface area contributed by atoms with Crippen molar-refractivity contribution in [3.8, 4) is 0 Å². The predicted molar refractivity (Wildman–Crippen MR) is 88.8 cm³/mol. The molecule has 2 aromatic rings. The van der Waals surface area contributed by atoms with E-state index < -0.39 is 24.1 Å². The molecule has 0 aliphatic carbocycles. The molecule has 0 amide bonds. The smallest absolute Gasteiger partial charge is 0.334 e. The third-order valence-electron chi connectivity index (χ3n) is 4.56. The molecule has 1 aliphatic heterocycles. The highest BCUT2D eigenvalue weighted by atomic mass is 16.6. The molecule has 2 aromatic carbocycles. The lowest BCUT2D eigenvalue weighted by molar-refractivity contribution is -0.140. The lowest BCUT2D eigenvalue weighted by Crippen LogP contribution is -2.28. The standard InChI is InChI=1S/C20H20O3/c1-13(15-9-5-3-6-10-15)19-17(14(2)20(22)23-19)18(21)16-11-7-4-8-12-16/h3-13,17-19,21H,2H2,1H3/t13-,17-,18-,19-/m1/s1. The average Bonchev–Trinajstić information content (AvgIpc) is 2.90. The van der Waals surface area contributed by atoms with Gasteiger partial charge in [-0.25, -0.2) is 4.79 Å². The van der Waals surface area contributed by atoms with Gasteiger partial charge in [0.05, 0.1) is 12.0 Å². The number of ether oxygens (including phenoxy) is 1. The lowest BCUT2D eigenvalue weighted by atomic mass is 9.80. The number of cyclic esters (lactones) is 1. The highest BCUT2D eigenvalue weighted by Crippen LogP contribution is 2.42. The number of hydrogen-bond donors (Lipinski definition) is 1. The summed E-state index contributed by atoms with van der Waals surface area (Å²) in [6, 6.07) is 19.2. The minimum atomic E-state index is -0.814. The van der Waals surface area contributed by atoms with Crippen LogP contribution in [0.1, 0.15) is 30.1 Å². The predicted octanol–water partition coefficient (Wildman–Crippen LogP) is 3.62. The Labute approximate surface area is 136 Å². The number of rotatable bonds is 4. The zero-order valence-corrected chi connectivity index (χ0v) is 13.1. The number of benzene rings is 2. The summed E-state index contributed by atoms with van der Waals surface area (Å²) < 4.78 is 5.55. The Morgan fingerprint density at radius 1 is 1.00 bits per heavy atom. The number of carbonyl (C=O) groups is 1. The fourth-order valence-corrected chi connectivity index (χ4v) is 3.19. The van der Waals surface area contributed by atoms with Crippen LogP contribution >= 0.6 is 0 Å². The molecule has 0 saturated carbocycles. The molecule has 3 heteroatoms. The van der Waals surface area contributed by atoms with Crippen LogP contribution in [0, 0.1) is 5.92 Å². The molecule has 4 atom stereocenters. The Bertz CT molecular complexity index is 693. The highest BCUT2D eigenvalue weighted by Gasteiger charge is 2.46. The molecule has 3 nitrogen and oxygen atoms in total. The zero-order valence-electron chi connectivity index (χ0n) is 13.1. The summed E-state index contributed by atoms with van der Waals surface area (Å²) in [5, 5.41) is 10.8. The van der Waals surface area contributed by atoms with Crippen LogP contribution in [-0.2, 0) is 9.53 Å². The molecule has 118 valence electrons. The maximum absolute atomic E-state index is 12.0. The van der Waals surface area contributed by atoms with Crippen molar-refractivity contribution in [1.29, 1.82) is 0 Å². The maximum Gasteiger partial charge on any atom is 0.334 e. The van der Waals surface area contributed by atoms with Crippen LogP contribution < -0.4 is 0 Å². The molecule has 3 rings (SSSR count). The Kier molecular flexibility index (Phi) is 4.30. The van der Waals surface area contributed by atoms with Gasteiger partial charge in [-0.05, 0) is 11.1 Å². The summed E-state index contributed by atoms with van der Waals surface area (Å²) in [6.45, 7) is 5.87. The number of hydrogen-bond acceptors (Lipinski definition) is 3. The first-order valence-electron chi connectivity index (χ1n) is 7.77. The van der Waals surface area contributed by atoms with Crippen molar-refractivity contribution in [2.24, 2.45) is 5.92 Å². The van der Waals surface area contributed by atoms with Gasteiger partial charge in [-0.3, -0.25) is 0 Å². The summed E-state index contributed by atoms with van der Waals surface area (Å²) in [5.41, 5.74) is 2.18. The summed E-state index contributed by atoms with van der Waals surface area (Å²) in [6.07, 6.45) is -1.24. The van der Waals surface area contributed by atoms with Crippen molar-refractivity contribution >= 4 is 5.97 Å². The van der Waals surface area contributed by atoms with Crippen molar-refractivity contribution in [2.75, 3.05) is 0 Å². The Morgan fingerprint density at radius 3 is 2.09 bits per heavy atom. The SMILES string of the molecule is C=C1C(=O)O[C@H]([C@H](C)c2ccccc2)[C@H]1[C@H](O)c1ccccc1. The van der Waals surface area contributed by atoms with Crippen molar-refractivity contribution in [2.45, 2.75) is 25.0 Å². The van der Waals surface area contributed by atoms with Crippen molar-refractivity contribution in [3.63, 3.8) is 0 Å². The van der Waals surface area contributed by atoms with Gasteiger partial charge in [-0.2, -0.15) is 0 Å². The van der Waals surface area contributed by atoms with E-state index in [0.717, 1.165) is 11.1 Å². The quantitative estimate of drug-likeness (QED) is 0.693. The van der Waals surface area contributed by atoms with Crippen LogP contribution in [0.2, 0.25) is 0 Å². The van der Waals surface area contributed by atoms with Crippen LogP contribution in [0.4, 0.5) is 0 Å². The molecular formula is C20H20O3. The molecule has 1 aliphatic rings. The van der Waals surface area contributed by atoms with Gasteiger partial charge in [0.2, 0.25) is 0 Å². The molecule has 1 saturated heterocycles. The molecule has 0 spiro atoms. The molecule has 1 fully saturated rings. The number of esters is 1. The topological polar surface area (TPSA) is 46.5 Å². The minimum Gasteiger partial charge on any atom is -0.458 e. The molecule has 0 bridgehead atoms. The van der Waals surface area contributed by atoms with Crippen LogP contribution in [0.3, 0.4) is 0 Å². The second kappa shape index (κ2) is 6.39. The number of aliphatic hydroxyl groups is 1. The Morgan fingerprint density at radius 2 is 1.52 bits per heavy atom. The highest BCUT2D eigenvalue weighted by molar-refractivity contribution is 5.91. The first-order valence-corrected chi connectivity index (χ1v) is 7.77. The normalized spacial score (nSPS) is 23.4. The van der Waals surface area contributed by atoms with Crippen LogP contribution in [0.15, 0.2) is 72.8 Å². The number of carbonyl (C=O) groups excluding carboxylic acids is 1. The number of aliphatic hydroxyl groups excluding tert-OH is 1. The summed E-state index contributed by atoms with van der Waals surface area (Å²) in [5.74, 6) is -0.888. The van der Waals surface area contributed by atoms with Crippen molar-refractivity contribution in [1.82, 2.24) is 0 Å². The van der Waals surface area contributed by atoms with E-state index in [1.165, 1.54) is 0 Å². The lowest BCUT2D eigenvalue weighted by Gasteiger charge is -2.28. The van der Waals surface area contributed by atoms with E-state index in [4.69, 9.17) is 4.74 Å². The molecule has 0 unspecified atom stereocenters. The fraction of sp³-hybridized carbons (Fsp3) is 0.250. The summed E-state index contributed by atoms with van der Waals surface area (Å²) in [7, 11) is 0. The fourth-order valence-electron chi connectivity index (χ4n) is 3.19. The van der Waals surface area contributed by atoms with Gasteiger partial charge >= 0.3 is 5.97 Å². The van der Waals surface area contributed by atoms with Gasteiger partial charge in [0.1, 0.15) is 6.10 Å². The van der Waals surface area contributed by atoms with Gasteiger partial charge in [0.25, 0.3) is 0 Å². The molecule has 0 radical (unpaired) electrons. The Balaban J connectivity index is 1.92. The second-order valence-electron chi connectivity index (χ2n) is 5.98. The molecule has 1 heterocycles. The molecule has 1 N–H and O–H groups in total. The van der Waals surface area contributed by atoms with E-state index in [0.29, 0.717) is 5.57 Å². The minimum absolute atomic E-state index is 0.0252. The van der Waals surface area contributed by atoms with Gasteiger partial charge < -0.3 is 9.84 Å². The first-order chi connectivity index (χ1) is 11.1. The molecular weight excluding hydrogens is 288 g/mol. The van der Waals surface area contributed by atoms with Crippen LogP contribution in [0.5, 0.6) is 0 Å². The van der Waals surface area contributed by atoms with E-state index in [1.54, 1.807) is 0 Å². The van der Waals surface area contributed by atoms with E-state index in [-0.39, 0.29) is 5.92 Å². The van der Waals surface area contributed by atoms with Gasteiger partial charge in [0, 0.05) is 11.5 Å². The third-order valence-corrected chi connectivity index (χ3v) is 4.56. The average molecular weight is 308 g/mol. The molecule has 0 aromatic heterocycles. The summed E-state index contributed by atoms with van der Waals surface area (Å²) >= 11 is 0. The van der Waals surface area contributed by atoms with Crippen LogP contribution in [0.25, 0.3) is 0 Å². The van der Waals surface area contributed by atoms with E-state index in [9.17, 15) is 9.90 Å². The van der Waals surface area contributed by atoms with E-state index in [2.05, 4.69) is 6.58 Å². The van der Waals surface area contributed by atoms with Crippen molar-refractivity contribution < 1.29 is 14.6 Å². The first kappa shape index (κ1) is 15.5. The monoisotopic (exact) mass is 308 g/mol.